The molecule has 1 aromatic rings. The summed E-state index contributed by atoms with van der Waals surface area (Å²) in [5.74, 6) is 1.44. The summed E-state index contributed by atoms with van der Waals surface area (Å²) in [6.07, 6.45) is 3.17. The number of thioether (sulfide) groups is 1. The molecule has 0 aliphatic carbocycles. The van der Waals surface area contributed by atoms with E-state index in [1.165, 1.54) is 23.3 Å². The minimum atomic E-state index is -0.179. The number of aryl methyl sites for hydroxylation is 1. The molecule has 0 fully saturated rings. The fraction of sp³-hybridized carbons (Fsp3) is 0.600. The van der Waals surface area contributed by atoms with Crippen LogP contribution in [0.15, 0.2) is 29.2 Å². The molecule has 0 saturated heterocycles. The molecule has 0 saturated carbocycles. The first-order valence-electron chi connectivity index (χ1n) is 6.50. The summed E-state index contributed by atoms with van der Waals surface area (Å²) in [6.45, 7) is 6.55. The smallest absolute Gasteiger partial charge is 0.0636 e. The monoisotopic (exact) mass is 252 g/mol. The molecule has 0 heterocycles. The first-order valence-corrected chi connectivity index (χ1v) is 7.48. The highest BCUT2D eigenvalue weighted by molar-refractivity contribution is 7.99. The number of aliphatic hydroxyl groups excluding tert-OH is 1. The maximum atomic E-state index is 9.98. The Morgan fingerprint density at radius 3 is 2.65 bits per heavy atom. The Bertz CT molecular complexity index is 324. The van der Waals surface area contributed by atoms with Gasteiger partial charge in [0.15, 0.2) is 0 Å². The zero-order valence-corrected chi connectivity index (χ0v) is 12.0. The van der Waals surface area contributed by atoms with E-state index in [1.54, 1.807) is 11.8 Å². The zero-order valence-electron chi connectivity index (χ0n) is 11.1. The number of aliphatic hydroxyl groups is 1. The molecule has 0 amide bonds. The summed E-state index contributed by atoms with van der Waals surface area (Å²) in [5, 5.41) is 9.98. The lowest BCUT2D eigenvalue weighted by Crippen LogP contribution is -2.14. The molecule has 1 N–H and O–H groups in total. The van der Waals surface area contributed by atoms with Gasteiger partial charge in [0, 0.05) is 10.6 Å². The number of rotatable bonds is 7. The van der Waals surface area contributed by atoms with E-state index >= 15 is 0 Å². The molecule has 0 spiro atoms. The largest absolute Gasteiger partial charge is 0.392 e. The van der Waals surface area contributed by atoms with Gasteiger partial charge >= 0.3 is 0 Å². The summed E-state index contributed by atoms with van der Waals surface area (Å²) in [6, 6.07) is 8.36. The van der Waals surface area contributed by atoms with Gasteiger partial charge in [-0.15, -0.1) is 11.8 Å². The molecular weight excluding hydrogens is 228 g/mol. The van der Waals surface area contributed by atoms with Crippen LogP contribution in [0.25, 0.3) is 0 Å². The molecular formula is C15H24OS. The van der Waals surface area contributed by atoms with Gasteiger partial charge in [-0.2, -0.15) is 0 Å². The maximum Gasteiger partial charge on any atom is 0.0636 e. The average molecular weight is 252 g/mol. The third-order valence-corrected chi connectivity index (χ3v) is 4.30. The highest BCUT2D eigenvalue weighted by Crippen LogP contribution is 2.24. The van der Waals surface area contributed by atoms with Gasteiger partial charge in [-0.25, -0.2) is 0 Å². The molecule has 1 aromatic carbocycles. The Labute approximate surface area is 110 Å². The van der Waals surface area contributed by atoms with Crippen LogP contribution in [0.4, 0.5) is 0 Å². The second-order valence-corrected chi connectivity index (χ2v) is 5.92. The van der Waals surface area contributed by atoms with Crippen molar-refractivity contribution >= 4 is 11.8 Å². The summed E-state index contributed by atoms with van der Waals surface area (Å²) in [5.41, 5.74) is 1.30. The Kier molecular flexibility index (Phi) is 6.68. The third kappa shape index (κ3) is 5.60. The fourth-order valence-electron chi connectivity index (χ4n) is 2.05. The van der Waals surface area contributed by atoms with E-state index in [2.05, 4.69) is 45.0 Å². The van der Waals surface area contributed by atoms with Gasteiger partial charge in [0.25, 0.3) is 0 Å². The Morgan fingerprint density at radius 1 is 1.29 bits per heavy atom. The van der Waals surface area contributed by atoms with Crippen molar-refractivity contribution in [2.24, 2.45) is 5.92 Å². The molecule has 17 heavy (non-hydrogen) atoms. The van der Waals surface area contributed by atoms with Crippen LogP contribution in [0.5, 0.6) is 0 Å². The minimum Gasteiger partial charge on any atom is -0.392 e. The van der Waals surface area contributed by atoms with Crippen LogP contribution in [0.3, 0.4) is 0 Å². The topological polar surface area (TPSA) is 20.2 Å². The van der Waals surface area contributed by atoms with Crippen LogP contribution >= 0.6 is 11.8 Å². The van der Waals surface area contributed by atoms with Crippen molar-refractivity contribution in [3.8, 4) is 0 Å². The van der Waals surface area contributed by atoms with Crippen molar-refractivity contribution in [3.05, 3.63) is 29.8 Å². The predicted octanol–water partition coefficient (Wildman–Crippen LogP) is 4.27. The lowest BCUT2D eigenvalue weighted by molar-refractivity contribution is 0.166. The van der Waals surface area contributed by atoms with E-state index < -0.39 is 0 Å². The minimum absolute atomic E-state index is 0.179. The highest BCUT2D eigenvalue weighted by Gasteiger charge is 2.10. The van der Waals surface area contributed by atoms with Crippen molar-refractivity contribution < 1.29 is 5.11 Å². The van der Waals surface area contributed by atoms with E-state index in [9.17, 15) is 5.11 Å². The second-order valence-electron chi connectivity index (χ2n) is 4.86. The molecule has 0 aromatic heterocycles. The van der Waals surface area contributed by atoms with Gasteiger partial charge in [-0.05, 0) is 30.9 Å². The van der Waals surface area contributed by atoms with Crippen LogP contribution in [0, 0.1) is 12.8 Å². The Hall–Kier alpha value is -0.470. The lowest BCUT2D eigenvalue weighted by atomic mass is 10.00. The van der Waals surface area contributed by atoms with Crippen LogP contribution < -0.4 is 0 Å². The van der Waals surface area contributed by atoms with Crippen molar-refractivity contribution in [3.63, 3.8) is 0 Å². The fourth-order valence-corrected chi connectivity index (χ4v) is 3.03. The summed E-state index contributed by atoms with van der Waals surface area (Å²) >= 11 is 1.77. The van der Waals surface area contributed by atoms with Gasteiger partial charge in [0.2, 0.25) is 0 Å². The molecule has 0 aliphatic heterocycles. The molecule has 0 aliphatic rings. The Balaban J connectivity index is 2.33. The van der Waals surface area contributed by atoms with E-state index in [0.29, 0.717) is 5.92 Å². The van der Waals surface area contributed by atoms with E-state index in [4.69, 9.17) is 0 Å². The molecule has 0 radical (unpaired) electrons. The summed E-state index contributed by atoms with van der Waals surface area (Å²) in [4.78, 5) is 1.29. The van der Waals surface area contributed by atoms with Crippen molar-refractivity contribution in [2.45, 2.75) is 51.0 Å². The average Bonchev–Trinajstić information content (AvgIpc) is 2.28. The van der Waals surface area contributed by atoms with Crippen molar-refractivity contribution in [1.82, 2.24) is 0 Å². The Morgan fingerprint density at radius 2 is 2.00 bits per heavy atom. The van der Waals surface area contributed by atoms with Crippen LogP contribution in [0.2, 0.25) is 0 Å². The molecule has 0 bridgehead atoms. The van der Waals surface area contributed by atoms with E-state index in [-0.39, 0.29) is 6.10 Å². The number of benzene rings is 1. The van der Waals surface area contributed by atoms with Gasteiger partial charge in [-0.1, -0.05) is 44.9 Å². The van der Waals surface area contributed by atoms with Gasteiger partial charge in [0.1, 0.15) is 0 Å². The molecule has 2 unspecified atom stereocenters. The molecule has 1 nitrogen and oxygen atoms in total. The molecule has 1 rings (SSSR count). The van der Waals surface area contributed by atoms with E-state index in [0.717, 1.165) is 12.2 Å². The molecule has 2 atom stereocenters. The zero-order chi connectivity index (χ0) is 12.7. The summed E-state index contributed by atoms with van der Waals surface area (Å²) in [7, 11) is 0. The second kappa shape index (κ2) is 7.78. The highest BCUT2D eigenvalue weighted by atomic mass is 32.2. The predicted molar refractivity (Wildman–Crippen MR) is 76.6 cm³/mol. The van der Waals surface area contributed by atoms with Gasteiger partial charge < -0.3 is 5.11 Å². The van der Waals surface area contributed by atoms with Gasteiger partial charge in [-0.3, -0.25) is 0 Å². The van der Waals surface area contributed by atoms with E-state index in [1.807, 2.05) is 0 Å². The first-order chi connectivity index (χ1) is 8.13. The van der Waals surface area contributed by atoms with Crippen LogP contribution in [0.1, 0.15) is 38.7 Å². The lowest BCUT2D eigenvalue weighted by Gasteiger charge is -2.15. The van der Waals surface area contributed by atoms with Crippen molar-refractivity contribution in [1.29, 1.82) is 0 Å². The first kappa shape index (κ1) is 14.6. The van der Waals surface area contributed by atoms with Crippen LogP contribution in [-0.4, -0.2) is 17.0 Å². The summed E-state index contributed by atoms with van der Waals surface area (Å²) < 4.78 is 0. The van der Waals surface area contributed by atoms with Gasteiger partial charge in [0.05, 0.1) is 6.10 Å². The van der Waals surface area contributed by atoms with Crippen molar-refractivity contribution in [2.75, 3.05) is 5.75 Å². The number of hydrogen-bond acceptors (Lipinski definition) is 2. The quantitative estimate of drug-likeness (QED) is 0.731. The van der Waals surface area contributed by atoms with Crippen LogP contribution in [-0.2, 0) is 0 Å². The number of hydrogen-bond donors (Lipinski definition) is 1. The molecule has 96 valence electrons. The SMILES string of the molecule is CCCC(C)CC(O)CSc1ccccc1C. The standard InChI is InChI=1S/C15H24OS/c1-4-7-12(2)10-14(16)11-17-15-9-6-5-8-13(15)3/h5-6,8-9,12,14,16H,4,7,10-11H2,1-3H3. The normalized spacial score (nSPS) is 14.6. The molecule has 2 heteroatoms. The third-order valence-electron chi connectivity index (χ3n) is 2.98. The maximum absolute atomic E-state index is 9.98.